The van der Waals surface area contributed by atoms with Crippen molar-refractivity contribution in [2.24, 2.45) is 5.92 Å². The van der Waals surface area contributed by atoms with E-state index in [9.17, 15) is 9.59 Å². The maximum absolute atomic E-state index is 11.7. The van der Waals surface area contributed by atoms with Crippen molar-refractivity contribution in [3.8, 4) is 0 Å². The lowest BCUT2D eigenvalue weighted by molar-refractivity contribution is -0.147. The first-order chi connectivity index (χ1) is 7.65. The Morgan fingerprint density at radius 2 is 1.81 bits per heavy atom. The van der Waals surface area contributed by atoms with E-state index >= 15 is 0 Å². The van der Waals surface area contributed by atoms with Crippen molar-refractivity contribution in [1.82, 2.24) is 5.32 Å². The van der Waals surface area contributed by atoms with Crippen molar-refractivity contribution in [2.75, 3.05) is 0 Å². The van der Waals surface area contributed by atoms with E-state index in [0.717, 1.165) is 25.7 Å². The molecule has 1 unspecified atom stereocenters. The Labute approximate surface area is 96.4 Å². The van der Waals surface area contributed by atoms with Crippen molar-refractivity contribution >= 4 is 11.9 Å². The van der Waals surface area contributed by atoms with Gasteiger partial charge in [0.15, 0.2) is 0 Å². The van der Waals surface area contributed by atoms with Crippen molar-refractivity contribution in [1.29, 1.82) is 0 Å². The van der Waals surface area contributed by atoms with Crippen molar-refractivity contribution in [3.05, 3.63) is 0 Å². The summed E-state index contributed by atoms with van der Waals surface area (Å²) in [6, 6.07) is 0.184. The molecular formula is C12H21NO3. The zero-order valence-corrected chi connectivity index (χ0v) is 9.87. The average molecular weight is 227 g/mol. The van der Waals surface area contributed by atoms with Crippen molar-refractivity contribution in [2.45, 2.75) is 57.9 Å². The van der Waals surface area contributed by atoms with E-state index in [1.54, 1.807) is 6.92 Å². The molecule has 0 saturated heterocycles. The molecule has 0 aromatic heterocycles. The molecule has 4 heteroatoms. The predicted octanol–water partition coefficient (Wildman–Crippen LogP) is 1.94. The van der Waals surface area contributed by atoms with Crippen LogP contribution in [0.15, 0.2) is 0 Å². The van der Waals surface area contributed by atoms with Gasteiger partial charge in [0.1, 0.15) is 5.92 Å². The molecule has 1 atom stereocenters. The SMILES string of the molecule is CCC(C(=O)O)C(=O)NC1CCCCCC1. The molecule has 0 radical (unpaired) electrons. The summed E-state index contributed by atoms with van der Waals surface area (Å²) in [5.41, 5.74) is 0. The first kappa shape index (κ1) is 13.0. The quantitative estimate of drug-likeness (QED) is 0.569. The van der Waals surface area contributed by atoms with Gasteiger partial charge in [-0.3, -0.25) is 9.59 Å². The molecule has 0 spiro atoms. The zero-order chi connectivity index (χ0) is 12.0. The maximum atomic E-state index is 11.7. The third-order valence-corrected chi connectivity index (χ3v) is 3.22. The standard InChI is InChI=1S/C12H21NO3/c1-2-10(12(15)16)11(14)13-9-7-5-3-4-6-8-9/h9-10H,2-8H2,1H3,(H,13,14)(H,15,16). The Morgan fingerprint density at radius 3 is 2.25 bits per heavy atom. The molecule has 0 aromatic carbocycles. The van der Waals surface area contributed by atoms with Crippen LogP contribution in [0.3, 0.4) is 0 Å². The van der Waals surface area contributed by atoms with E-state index in [1.807, 2.05) is 0 Å². The van der Waals surface area contributed by atoms with Crippen LogP contribution in [0.5, 0.6) is 0 Å². The molecule has 1 amide bonds. The molecule has 1 aliphatic carbocycles. The van der Waals surface area contributed by atoms with Gasteiger partial charge < -0.3 is 10.4 Å². The van der Waals surface area contributed by atoms with Gasteiger partial charge in [-0.25, -0.2) is 0 Å². The fraction of sp³-hybridized carbons (Fsp3) is 0.833. The van der Waals surface area contributed by atoms with Crippen molar-refractivity contribution < 1.29 is 14.7 Å². The van der Waals surface area contributed by atoms with Gasteiger partial charge >= 0.3 is 5.97 Å². The fourth-order valence-corrected chi connectivity index (χ4v) is 2.20. The number of rotatable bonds is 4. The monoisotopic (exact) mass is 227 g/mol. The van der Waals surface area contributed by atoms with Gasteiger partial charge in [-0.15, -0.1) is 0 Å². The number of hydrogen-bond donors (Lipinski definition) is 2. The second-order valence-electron chi connectivity index (χ2n) is 4.50. The smallest absolute Gasteiger partial charge is 0.316 e. The molecule has 0 aliphatic heterocycles. The minimum atomic E-state index is -1.02. The molecule has 0 bridgehead atoms. The number of carboxylic acid groups (broad SMARTS) is 1. The number of carbonyl (C=O) groups excluding carboxylic acids is 1. The molecule has 2 N–H and O–H groups in total. The maximum Gasteiger partial charge on any atom is 0.316 e. The topological polar surface area (TPSA) is 66.4 Å². The number of nitrogens with one attached hydrogen (secondary N) is 1. The third kappa shape index (κ3) is 3.83. The van der Waals surface area contributed by atoms with Crippen LogP contribution in [0.1, 0.15) is 51.9 Å². The lowest BCUT2D eigenvalue weighted by atomic mass is 10.0. The largest absolute Gasteiger partial charge is 0.481 e. The van der Waals surface area contributed by atoms with Crippen LogP contribution in [-0.4, -0.2) is 23.0 Å². The Balaban J connectivity index is 2.45. The normalized spacial score (nSPS) is 19.8. The minimum Gasteiger partial charge on any atom is -0.481 e. The number of aliphatic carboxylic acids is 1. The van der Waals surface area contributed by atoms with Gasteiger partial charge in [0.05, 0.1) is 0 Å². The van der Waals surface area contributed by atoms with Crippen LogP contribution in [-0.2, 0) is 9.59 Å². The van der Waals surface area contributed by atoms with Gasteiger partial charge in [-0.1, -0.05) is 32.6 Å². The van der Waals surface area contributed by atoms with Crippen LogP contribution in [0, 0.1) is 5.92 Å². The average Bonchev–Trinajstić information content (AvgIpc) is 2.46. The number of amides is 1. The fourth-order valence-electron chi connectivity index (χ4n) is 2.20. The summed E-state index contributed by atoms with van der Waals surface area (Å²) in [5.74, 6) is -2.22. The van der Waals surface area contributed by atoms with E-state index in [0.29, 0.717) is 6.42 Å². The highest BCUT2D eigenvalue weighted by Crippen LogP contribution is 2.17. The van der Waals surface area contributed by atoms with Crippen LogP contribution in [0.2, 0.25) is 0 Å². The molecule has 4 nitrogen and oxygen atoms in total. The van der Waals surface area contributed by atoms with Crippen LogP contribution >= 0.6 is 0 Å². The van der Waals surface area contributed by atoms with Gasteiger partial charge in [0.25, 0.3) is 0 Å². The Hall–Kier alpha value is -1.06. The highest BCUT2D eigenvalue weighted by atomic mass is 16.4. The van der Waals surface area contributed by atoms with E-state index in [4.69, 9.17) is 5.11 Å². The molecule has 0 heterocycles. The van der Waals surface area contributed by atoms with E-state index in [2.05, 4.69) is 5.32 Å². The van der Waals surface area contributed by atoms with E-state index in [-0.39, 0.29) is 11.9 Å². The first-order valence-electron chi connectivity index (χ1n) is 6.18. The Kier molecular flexibility index (Phi) is 5.29. The van der Waals surface area contributed by atoms with Gasteiger partial charge in [0, 0.05) is 6.04 Å². The number of hydrogen-bond acceptors (Lipinski definition) is 2. The molecule has 1 aliphatic rings. The number of carboxylic acids is 1. The summed E-state index contributed by atoms with van der Waals surface area (Å²) in [7, 11) is 0. The molecule has 1 saturated carbocycles. The molecular weight excluding hydrogens is 206 g/mol. The van der Waals surface area contributed by atoms with Gasteiger partial charge in [-0.05, 0) is 19.3 Å². The molecule has 92 valence electrons. The highest BCUT2D eigenvalue weighted by Gasteiger charge is 2.26. The highest BCUT2D eigenvalue weighted by molar-refractivity contribution is 5.96. The van der Waals surface area contributed by atoms with E-state index < -0.39 is 11.9 Å². The molecule has 16 heavy (non-hydrogen) atoms. The summed E-state index contributed by atoms with van der Waals surface area (Å²) in [4.78, 5) is 22.5. The van der Waals surface area contributed by atoms with Gasteiger partial charge in [0.2, 0.25) is 5.91 Å². The van der Waals surface area contributed by atoms with Crippen LogP contribution in [0.25, 0.3) is 0 Å². The third-order valence-electron chi connectivity index (χ3n) is 3.22. The minimum absolute atomic E-state index is 0.184. The second-order valence-corrected chi connectivity index (χ2v) is 4.50. The first-order valence-corrected chi connectivity index (χ1v) is 6.18. The van der Waals surface area contributed by atoms with Crippen LogP contribution in [0.4, 0.5) is 0 Å². The molecule has 1 rings (SSSR count). The summed E-state index contributed by atoms with van der Waals surface area (Å²) in [5, 5.41) is 11.7. The lowest BCUT2D eigenvalue weighted by Crippen LogP contribution is -2.41. The van der Waals surface area contributed by atoms with Crippen LogP contribution < -0.4 is 5.32 Å². The zero-order valence-electron chi connectivity index (χ0n) is 9.87. The summed E-state index contributed by atoms with van der Waals surface area (Å²) < 4.78 is 0. The molecule has 0 aromatic rings. The van der Waals surface area contributed by atoms with E-state index in [1.165, 1.54) is 12.8 Å². The Bertz CT molecular complexity index is 245. The summed E-state index contributed by atoms with van der Waals surface area (Å²) in [6.45, 7) is 1.73. The molecule has 1 fully saturated rings. The second kappa shape index (κ2) is 6.51. The lowest BCUT2D eigenvalue weighted by Gasteiger charge is -2.18. The number of carbonyl (C=O) groups is 2. The van der Waals surface area contributed by atoms with Gasteiger partial charge in [-0.2, -0.15) is 0 Å². The summed E-state index contributed by atoms with van der Waals surface area (Å²) >= 11 is 0. The van der Waals surface area contributed by atoms with Crippen molar-refractivity contribution in [3.63, 3.8) is 0 Å². The predicted molar refractivity (Wildman–Crippen MR) is 61.0 cm³/mol. The summed E-state index contributed by atoms with van der Waals surface area (Å²) in [6.07, 6.45) is 7.05. The Morgan fingerprint density at radius 1 is 1.25 bits per heavy atom.